The number of rotatable bonds is 3. The standard InChI is InChI=1S/C19H23N7O/c1-25-7-5-15(6-8-25)22-19(27)24-18-9-17-13(10-20-18)3-4-16(23-17)14-11-21-26(2)12-14/h3-4,9-12,15H,5-8H2,1-2H3,(H2,20,22,24,27). The number of aromatic nitrogens is 4. The zero-order chi connectivity index (χ0) is 18.8. The average molecular weight is 365 g/mol. The van der Waals surface area contributed by atoms with Gasteiger partial charge in [0.05, 0.1) is 17.4 Å². The minimum absolute atomic E-state index is 0.206. The molecule has 27 heavy (non-hydrogen) atoms. The Labute approximate surface area is 157 Å². The molecule has 0 atom stereocenters. The van der Waals surface area contributed by atoms with Crippen LogP contribution in [-0.2, 0) is 7.05 Å². The Morgan fingerprint density at radius 3 is 2.74 bits per heavy atom. The van der Waals surface area contributed by atoms with Crippen LogP contribution in [0.5, 0.6) is 0 Å². The number of pyridine rings is 2. The zero-order valence-electron chi connectivity index (χ0n) is 15.5. The third-order valence-corrected chi connectivity index (χ3v) is 4.87. The Hall–Kier alpha value is -3.00. The average Bonchev–Trinajstić information content (AvgIpc) is 3.09. The second kappa shape index (κ2) is 7.32. The predicted octanol–water partition coefficient (Wildman–Crippen LogP) is 2.25. The largest absolute Gasteiger partial charge is 0.335 e. The van der Waals surface area contributed by atoms with E-state index in [9.17, 15) is 4.79 Å². The molecule has 2 N–H and O–H groups in total. The third-order valence-electron chi connectivity index (χ3n) is 4.87. The number of carbonyl (C=O) groups excluding carboxylic acids is 1. The number of carbonyl (C=O) groups is 1. The number of nitrogens with zero attached hydrogens (tertiary/aromatic N) is 5. The number of fused-ring (bicyclic) bond motifs is 1. The van der Waals surface area contributed by atoms with Crippen molar-refractivity contribution in [2.45, 2.75) is 18.9 Å². The van der Waals surface area contributed by atoms with E-state index in [4.69, 9.17) is 0 Å². The van der Waals surface area contributed by atoms with Gasteiger partial charge in [0, 0.05) is 42.5 Å². The Morgan fingerprint density at radius 1 is 1.19 bits per heavy atom. The first-order valence-electron chi connectivity index (χ1n) is 9.09. The molecule has 1 fully saturated rings. The number of piperidine rings is 1. The van der Waals surface area contributed by atoms with Crippen molar-refractivity contribution < 1.29 is 4.79 Å². The minimum Gasteiger partial charge on any atom is -0.335 e. The number of nitrogens with one attached hydrogen (secondary N) is 2. The smallest absolute Gasteiger partial charge is 0.320 e. The molecule has 8 heteroatoms. The van der Waals surface area contributed by atoms with E-state index >= 15 is 0 Å². The summed E-state index contributed by atoms with van der Waals surface area (Å²) in [5.74, 6) is 0.490. The second-order valence-electron chi connectivity index (χ2n) is 7.04. The van der Waals surface area contributed by atoms with Gasteiger partial charge in [0.2, 0.25) is 0 Å². The van der Waals surface area contributed by atoms with Crippen molar-refractivity contribution in [2.75, 3.05) is 25.5 Å². The summed E-state index contributed by atoms with van der Waals surface area (Å²) in [6, 6.07) is 5.70. The highest BCUT2D eigenvalue weighted by molar-refractivity contribution is 5.91. The van der Waals surface area contributed by atoms with Crippen molar-refractivity contribution in [3.05, 3.63) is 36.8 Å². The number of aryl methyl sites for hydroxylation is 1. The van der Waals surface area contributed by atoms with E-state index in [-0.39, 0.29) is 12.1 Å². The fraction of sp³-hybridized carbons (Fsp3) is 0.368. The number of likely N-dealkylation sites (tertiary alicyclic amines) is 1. The van der Waals surface area contributed by atoms with Gasteiger partial charge in [0.15, 0.2) is 0 Å². The van der Waals surface area contributed by atoms with Crippen LogP contribution in [0, 0.1) is 0 Å². The lowest BCUT2D eigenvalue weighted by atomic mass is 10.1. The Bertz CT molecular complexity index is 960. The summed E-state index contributed by atoms with van der Waals surface area (Å²) < 4.78 is 1.74. The van der Waals surface area contributed by atoms with Gasteiger partial charge in [0.25, 0.3) is 0 Å². The molecule has 4 rings (SSSR count). The molecule has 0 bridgehead atoms. The second-order valence-corrected chi connectivity index (χ2v) is 7.04. The molecule has 0 unspecified atom stereocenters. The highest BCUT2D eigenvalue weighted by Gasteiger charge is 2.18. The van der Waals surface area contributed by atoms with Gasteiger partial charge in [0.1, 0.15) is 5.82 Å². The highest BCUT2D eigenvalue weighted by Crippen LogP contribution is 2.21. The fourth-order valence-corrected chi connectivity index (χ4v) is 3.29. The molecule has 1 aliphatic heterocycles. The van der Waals surface area contributed by atoms with Crippen molar-refractivity contribution >= 4 is 22.8 Å². The van der Waals surface area contributed by atoms with E-state index < -0.39 is 0 Å². The summed E-state index contributed by atoms with van der Waals surface area (Å²) in [6.07, 6.45) is 7.35. The minimum atomic E-state index is -0.222. The Kier molecular flexibility index (Phi) is 4.72. The van der Waals surface area contributed by atoms with Gasteiger partial charge in [-0.3, -0.25) is 10.00 Å². The van der Waals surface area contributed by atoms with E-state index in [1.807, 2.05) is 25.4 Å². The first kappa shape index (κ1) is 17.4. The van der Waals surface area contributed by atoms with Crippen LogP contribution < -0.4 is 10.6 Å². The number of urea groups is 1. The van der Waals surface area contributed by atoms with Crippen LogP contribution in [0.4, 0.5) is 10.6 Å². The van der Waals surface area contributed by atoms with Gasteiger partial charge in [-0.25, -0.2) is 14.8 Å². The van der Waals surface area contributed by atoms with E-state index in [1.54, 1.807) is 23.1 Å². The van der Waals surface area contributed by atoms with Crippen molar-refractivity contribution in [3.63, 3.8) is 0 Å². The maximum atomic E-state index is 12.3. The SMILES string of the molecule is CN1CCC(NC(=O)Nc2cc3nc(-c4cnn(C)c4)ccc3cn2)CC1. The summed E-state index contributed by atoms with van der Waals surface area (Å²) in [6.45, 7) is 2.00. The van der Waals surface area contributed by atoms with Crippen molar-refractivity contribution in [2.24, 2.45) is 7.05 Å². The van der Waals surface area contributed by atoms with Crippen LogP contribution >= 0.6 is 0 Å². The molecule has 1 saturated heterocycles. The Balaban J connectivity index is 1.48. The molecule has 4 heterocycles. The lowest BCUT2D eigenvalue weighted by Gasteiger charge is -2.29. The number of hydrogen-bond donors (Lipinski definition) is 2. The van der Waals surface area contributed by atoms with Crippen molar-refractivity contribution in [1.82, 2.24) is 30.0 Å². The lowest BCUT2D eigenvalue weighted by molar-refractivity contribution is 0.221. The molecule has 0 radical (unpaired) electrons. The predicted molar refractivity (Wildman–Crippen MR) is 104 cm³/mol. The maximum absolute atomic E-state index is 12.3. The number of amides is 2. The Morgan fingerprint density at radius 2 is 2.00 bits per heavy atom. The van der Waals surface area contributed by atoms with Crippen LogP contribution in [0.2, 0.25) is 0 Å². The molecule has 0 saturated carbocycles. The van der Waals surface area contributed by atoms with Gasteiger partial charge in [-0.1, -0.05) is 0 Å². The monoisotopic (exact) mass is 365 g/mol. The highest BCUT2D eigenvalue weighted by atomic mass is 16.2. The summed E-state index contributed by atoms with van der Waals surface area (Å²) >= 11 is 0. The van der Waals surface area contributed by atoms with E-state index in [1.165, 1.54) is 0 Å². The maximum Gasteiger partial charge on any atom is 0.320 e. The molecule has 140 valence electrons. The van der Waals surface area contributed by atoms with Crippen molar-refractivity contribution in [3.8, 4) is 11.3 Å². The van der Waals surface area contributed by atoms with Gasteiger partial charge in [-0.15, -0.1) is 0 Å². The molecule has 3 aromatic heterocycles. The van der Waals surface area contributed by atoms with E-state index in [0.717, 1.165) is 48.1 Å². The topological polar surface area (TPSA) is 88.0 Å². The summed E-state index contributed by atoms with van der Waals surface area (Å²) in [5, 5.41) is 11.0. The van der Waals surface area contributed by atoms with E-state index in [2.05, 4.69) is 37.6 Å². The zero-order valence-corrected chi connectivity index (χ0v) is 15.5. The van der Waals surface area contributed by atoms with Crippen LogP contribution in [0.1, 0.15) is 12.8 Å². The van der Waals surface area contributed by atoms with Crippen LogP contribution in [-0.4, -0.2) is 56.9 Å². The van der Waals surface area contributed by atoms with Gasteiger partial charge in [-0.05, 0) is 45.1 Å². The summed E-state index contributed by atoms with van der Waals surface area (Å²) in [7, 11) is 3.97. The quantitative estimate of drug-likeness (QED) is 0.743. The lowest BCUT2D eigenvalue weighted by Crippen LogP contribution is -2.44. The molecular formula is C19H23N7O. The molecule has 8 nitrogen and oxygen atoms in total. The first-order valence-corrected chi connectivity index (χ1v) is 9.09. The fourth-order valence-electron chi connectivity index (χ4n) is 3.29. The normalized spacial score (nSPS) is 15.8. The van der Waals surface area contributed by atoms with Crippen LogP contribution in [0.3, 0.4) is 0 Å². The van der Waals surface area contributed by atoms with Gasteiger partial charge in [-0.2, -0.15) is 5.10 Å². The number of anilines is 1. The molecular weight excluding hydrogens is 342 g/mol. The third kappa shape index (κ3) is 4.06. The van der Waals surface area contributed by atoms with Crippen LogP contribution in [0.25, 0.3) is 22.2 Å². The molecule has 2 amide bonds. The molecule has 0 aliphatic carbocycles. The summed E-state index contributed by atoms with van der Waals surface area (Å²) in [5.41, 5.74) is 2.57. The molecule has 3 aromatic rings. The van der Waals surface area contributed by atoms with E-state index in [0.29, 0.717) is 5.82 Å². The molecule has 1 aliphatic rings. The molecule has 0 spiro atoms. The van der Waals surface area contributed by atoms with Gasteiger partial charge >= 0.3 is 6.03 Å². The van der Waals surface area contributed by atoms with Crippen molar-refractivity contribution in [1.29, 1.82) is 0 Å². The van der Waals surface area contributed by atoms with Gasteiger partial charge < -0.3 is 10.2 Å². The summed E-state index contributed by atoms with van der Waals surface area (Å²) in [4.78, 5) is 23.6. The van der Waals surface area contributed by atoms with Crippen LogP contribution in [0.15, 0.2) is 36.8 Å². The molecule has 0 aromatic carbocycles. The number of hydrogen-bond acceptors (Lipinski definition) is 5. The first-order chi connectivity index (χ1) is 13.1.